The highest BCUT2D eigenvalue weighted by Crippen LogP contribution is 2.37. The summed E-state index contributed by atoms with van der Waals surface area (Å²) >= 11 is 1.56. The molecular weight excluding hydrogens is 217 g/mol. The SMILES string of the molecule is N[C@@]1(C(=O)O)CCS[C@H]1CCCB(O)O. The summed E-state index contributed by atoms with van der Waals surface area (Å²) in [5.41, 5.74) is 4.68. The number of thioether (sulfide) groups is 1. The van der Waals surface area contributed by atoms with E-state index in [1.165, 1.54) is 0 Å². The van der Waals surface area contributed by atoms with Crippen molar-refractivity contribution in [2.24, 2.45) is 5.73 Å². The Kier molecular flexibility index (Phi) is 4.45. The third-order valence-electron chi connectivity index (χ3n) is 2.74. The number of nitrogens with two attached hydrogens (primary N) is 1. The van der Waals surface area contributed by atoms with E-state index in [1.54, 1.807) is 11.8 Å². The van der Waals surface area contributed by atoms with E-state index in [1.807, 2.05) is 0 Å². The highest BCUT2D eigenvalue weighted by atomic mass is 32.2. The van der Waals surface area contributed by atoms with Crippen LogP contribution in [0.4, 0.5) is 0 Å². The van der Waals surface area contributed by atoms with Crippen molar-refractivity contribution in [2.75, 3.05) is 5.75 Å². The maximum Gasteiger partial charge on any atom is 0.451 e. The van der Waals surface area contributed by atoms with Crippen LogP contribution in [0.15, 0.2) is 0 Å². The Morgan fingerprint density at radius 2 is 2.27 bits per heavy atom. The summed E-state index contributed by atoms with van der Waals surface area (Å²) in [5, 5.41) is 26.2. The molecule has 0 unspecified atom stereocenters. The van der Waals surface area contributed by atoms with Crippen molar-refractivity contribution in [3.8, 4) is 0 Å². The predicted octanol–water partition coefficient (Wildman–Crippen LogP) is -0.473. The van der Waals surface area contributed by atoms with Crippen LogP contribution in [0.2, 0.25) is 6.32 Å². The summed E-state index contributed by atoms with van der Waals surface area (Å²) in [6.45, 7) is 0. The van der Waals surface area contributed by atoms with Gasteiger partial charge in [0.1, 0.15) is 5.54 Å². The molecule has 86 valence electrons. The first-order valence-electron chi connectivity index (χ1n) is 4.97. The van der Waals surface area contributed by atoms with Crippen molar-refractivity contribution in [3.63, 3.8) is 0 Å². The molecule has 0 amide bonds. The van der Waals surface area contributed by atoms with Gasteiger partial charge in [-0.05, 0) is 24.9 Å². The van der Waals surface area contributed by atoms with Crippen LogP contribution in [0.25, 0.3) is 0 Å². The highest BCUT2D eigenvalue weighted by Gasteiger charge is 2.46. The van der Waals surface area contributed by atoms with Gasteiger partial charge in [-0.15, -0.1) is 0 Å². The van der Waals surface area contributed by atoms with Gasteiger partial charge >= 0.3 is 13.1 Å². The van der Waals surface area contributed by atoms with Crippen molar-refractivity contribution >= 4 is 24.8 Å². The maximum atomic E-state index is 11.0. The molecule has 5 N–H and O–H groups in total. The lowest BCUT2D eigenvalue weighted by molar-refractivity contribution is -0.143. The number of carboxylic acid groups (broad SMARTS) is 1. The van der Waals surface area contributed by atoms with Gasteiger partial charge in [0.25, 0.3) is 0 Å². The van der Waals surface area contributed by atoms with Gasteiger partial charge in [0.05, 0.1) is 0 Å². The Balaban J connectivity index is 2.43. The van der Waals surface area contributed by atoms with Crippen LogP contribution in [0, 0.1) is 0 Å². The largest absolute Gasteiger partial charge is 0.480 e. The van der Waals surface area contributed by atoms with Crippen LogP contribution in [-0.2, 0) is 4.79 Å². The van der Waals surface area contributed by atoms with E-state index in [-0.39, 0.29) is 11.6 Å². The first-order valence-corrected chi connectivity index (χ1v) is 6.01. The van der Waals surface area contributed by atoms with Gasteiger partial charge in [-0.25, -0.2) is 0 Å². The van der Waals surface area contributed by atoms with Crippen molar-refractivity contribution < 1.29 is 19.9 Å². The number of rotatable bonds is 5. The number of carbonyl (C=O) groups is 1. The molecule has 1 aliphatic rings. The minimum absolute atomic E-state index is 0.117. The zero-order valence-electron chi connectivity index (χ0n) is 8.43. The molecule has 0 aromatic rings. The third-order valence-corrected chi connectivity index (χ3v) is 4.23. The minimum Gasteiger partial charge on any atom is -0.480 e. The second-order valence-corrected chi connectivity index (χ2v) is 5.18. The van der Waals surface area contributed by atoms with Crippen LogP contribution in [-0.4, -0.2) is 44.8 Å². The lowest BCUT2D eigenvalue weighted by Crippen LogP contribution is -2.53. The Hall–Kier alpha value is -0.235. The van der Waals surface area contributed by atoms with E-state index in [9.17, 15) is 4.79 Å². The Labute approximate surface area is 93.2 Å². The minimum atomic E-state index is -1.31. The molecule has 0 aromatic carbocycles. The molecule has 1 aliphatic heterocycles. The summed E-state index contributed by atoms with van der Waals surface area (Å²) in [6, 6.07) is 0. The van der Waals surface area contributed by atoms with Crippen LogP contribution in [0.5, 0.6) is 0 Å². The average molecular weight is 233 g/mol. The molecule has 1 rings (SSSR count). The van der Waals surface area contributed by atoms with Gasteiger partial charge in [0.2, 0.25) is 0 Å². The normalized spacial score (nSPS) is 30.5. The zero-order valence-corrected chi connectivity index (χ0v) is 9.24. The number of carboxylic acids is 1. The first kappa shape index (κ1) is 12.8. The van der Waals surface area contributed by atoms with E-state index >= 15 is 0 Å². The molecule has 5 nitrogen and oxygen atoms in total. The Morgan fingerprint density at radius 3 is 2.80 bits per heavy atom. The van der Waals surface area contributed by atoms with E-state index in [0.29, 0.717) is 19.3 Å². The van der Waals surface area contributed by atoms with Crippen molar-refractivity contribution in [3.05, 3.63) is 0 Å². The molecule has 0 bridgehead atoms. The molecular formula is C8H16BNO4S. The molecule has 0 radical (unpaired) electrons. The average Bonchev–Trinajstić information content (AvgIpc) is 2.49. The standard InChI is InChI=1S/C8H16BNO4S/c10-8(7(11)12)3-5-15-6(8)2-1-4-9(13)14/h6,13-14H,1-5,10H2,(H,11,12)/t6-,8-/m0/s1. The van der Waals surface area contributed by atoms with E-state index in [2.05, 4.69) is 0 Å². The van der Waals surface area contributed by atoms with Crippen LogP contribution in [0.1, 0.15) is 19.3 Å². The topological polar surface area (TPSA) is 104 Å². The molecule has 1 heterocycles. The summed E-state index contributed by atoms with van der Waals surface area (Å²) < 4.78 is 0. The smallest absolute Gasteiger partial charge is 0.451 e. The molecule has 2 atom stereocenters. The van der Waals surface area contributed by atoms with E-state index in [0.717, 1.165) is 5.75 Å². The summed E-state index contributed by atoms with van der Waals surface area (Å²) in [6.07, 6.45) is 1.96. The fourth-order valence-electron chi connectivity index (χ4n) is 1.75. The number of hydrogen-bond acceptors (Lipinski definition) is 5. The molecule has 15 heavy (non-hydrogen) atoms. The molecule has 0 spiro atoms. The fourth-order valence-corrected chi connectivity index (χ4v) is 3.34. The first-order chi connectivity index (χ1) is 6.97. The molecule has 0 aromatic heterocycles. The van der Waals surface area contributed by atoms with Gasteiger partial charge in [-0.2, -0.15) is 11.8 Å². The van der Waals surface area contributed by atoms with Crippen LogP contribution < -0.4 is 5.73 Å². The Morgan fingerprint density at radius 1 is 1.60 bits per heavy atom. The predicted molar refractivity (Wildman–Crippen MR) is 59.6 cm³/mol. The summed E-state index contributed by atoms with van der Waals surface area (Å²) in [4.78, 5) is 11.0. The highest BCUT2D eigenvalue weighted by molar-refractivity contribution is 8.00. The summed E-state index contributed by atoms with van der Waals surface area (Å²) in [5.74, 6) is -0.197. The van der Waals surface area contributed by atoms with Gasteiger partial charge in [0.15, 0.2) is 0 Å². The van der Waals surface area contributed by atoms with Gasteiger partial charge in [-0.3, -0.25) is 4.79 Å². The molecule has 1 saturated heterocycles. The van der Waals surface area contributed by atoms with Crippen LogP contribution in [0.3, 0.4) is 0 Å². The third kappa shape index (κ3) is 3.11. The molecule has 0 aliphatic carbocycles. The number of aliphatic carboxylic acids is 1. The lowest BCUT2D eigenvalue weighted by Gasteiger charge is -2.25. The van der Waals surface area contributed by atoms with Crippen molar-refractivity contribution in [1.82, 2.24) is 0 Å². The molecule has 1 fully saturated rings. The molecule has 7 heteroatoms. The molecule has 0 saturated carbocycles. The Bertz CT molecular complexity index is 241. The monoisotopic (exact) mass is 233 g/mol. The van der Waals surface area contributed by atoms with E-state index < -0.39 is 18.6 Å². The second-order valence-electron chi connectivity index (χ2n) is 3.87. The quantitative estimate of drug-likeness (QED) is 0.478. The summed E-state index contributed by atoms with van der Waals surface area (Å²) in [7, 11) is -1.31. The zero-order chi connectivity index (χ0) is 11.5. The lowest BCUT2D eigenvalue weighted by atomic mass is 9.81. The second kappa shape index (κ2) is 5.20. The fraction of sp³-hybridized carbons (Fsp3) is 0.875. The van der Waals surface area contributed by atoms with Crippen LogP contribution >= 0.6 is 11.8 Å². The number of hydrogen-bond donors (Lipinski definition) is 4. The van der Waals surface area contributed by atoms with Gasteiger partial charge in [-0.1, -0.05) is 6.42 Å². The van der Waals surface area contributed by atoms with Gasteiger partial charge < -0.3 is 20.9 Å². The van der Waals surface area contributed by atoms with E-state index in [4.69, 9.17) is 20.9 Å². The maximum absolute atomic E-state index is 11.0. The van der Waals surface area contributed by atoms with Crippen molar-refractivity contribution in [1.29, 1.82) is 0 Å². The van der Waals surface area contributed by atoms with Crippen molar-refractivity contribution in [2.45, 2.75) is 36.4 Å². The van der Waals surface area contributed by atoms with Gasteiger partial charge in [0, 0.05) is 5.25 Å².